The van der Waals surface area contributed by atoms with Crippen LogP contribution in [0.3, 0.4) is 0 Å². The second-order valence-electron chi connectivity index (χ2n) is 4.52. The van der Waals surface area contributed by atoms with Gasteiger partial charge in [0, 0.05) is 16.3 Å². The van der Waals surface area contributed by atoms with Crippen molar-refractivity contribution in [3.8, 4) is 0 Å². The molecule has 0 heterocycles. The zero-order valence-corrected chi connectivity index (χ0v) is 11.9. The number of nitrogen functional groups attached to an aromatic ring is 1. The predicted octanol–water partition coefficient (Wildman–Crippen LogP) is 3.18. The van der Waals surface area contributed by atoms with Gasteiger partial charge in [0.25, 0.3) is 5.91 Å². The summed E-state index contributed by atoms with van der Waals surface area (Å²) in [5, 5.41) is 12.0. The van der Waals surface area contributed by atoms with E-state index in [9.17, 15) is 9.59 Å². The fourth-order valence-corrected chi connectivity index (χ4v) is 1.99. The van der Waals surface area contributed by atoms with Crippen molar-refractivity contribution >= 4 is 34.9 Å². The molecular formula is C15H13ClN2O3. The third-order valence-corrected chi connectivity index (χ3v) is 3.23. The van der Waals surface area contributed by atoms with Gasteiger partial charge < -0.3 is 16.2 Å². The lowest BCUT2D eigenvalue weighted by Crippen LogP contribution is -2.15. The highest BCUT2D eigenvalue weighted by atomic mass is 35.5. The largest absolute Gasteiger partial charge is 0.478 e. The van der Waals surface area contributed by atoms with Crippen LogP contribution in [0.15, 0.2) is 36.4 Å². The summed E-state index contributed by atoms with van der Waals surface area (Å²) in [6, 6.07) is 9.10. The van der Waals surface area contributed by atoms with Gasteiger partial charge in [0.2, 0.25) is 0 Å². The average molecular weight is 305 g/mol. The SMILES string of the molecule is Cc1cc(C(=O)Nc2ccc(Cl)cc2C(=O)O)ccc1N. The molecule has 4 N–H and O–H groups in total. The highest BCUT2D eigenvalue weighted by molar-refractivity contribution is 6.31. The van der Waals surface area contributed by atoms with Gasteiger partial charge in [0.05, 0.1) is 11.3 Å². The van der Waals surface area contributed by atoms with Crippen LogP contribution in [0.5, 0.6) is 0 Å². The van der Waals surface area contributed by atoms with E-state index in [1.165, 1.54) is 18.2 Å². The van der Waals surface area contributed by atoms with Crippen molar-refractivity contribution in [2.75, 3.05) is 11.1 Å². The molecule has 0 aliphatic heterocycles. The Kier molecular flexibility index (Phi) is 4.14. The normalized spacial score (nSPS) is 10.2. The molecule has 0 unspecified atom stereocenters. The third-order valence-electron chi connectivity index (χ3n) is 2.99. The van der Waals surface area contributed by atoms with Crippen molar-refractivity contribution in [1.29, 1.82) is 0 Å². The van der Waals surface area contributed by atoms with Gasteiger partial charge >= 0.3 is 5.97 Å². The molecule has 0 bridgehead atoms. The molecule has 0 fully saturated rings. The average Bonchev–Trinajstić information content (AvgIpc) is 2.43. The number of halogens is 1. The number of aryl methyl sites for hydroxylation is 1. The lowest BCUT2D eigenvalue weighted by Gasteiger charge is -2.10. The van der Waals surface area contributed by atoms with Crippen molar-refractivity contribution in [3.63, 3.8) is 0 Å². The number of amides is 1. The monoisotopic (exact) mass is 304 g/mol. The van der Waals surface area contributed by atoms with Crippen molar-refractivity contribution in [3.05, 3.63) is 58.1 Å². The van der Waals surface area contributed by atoms with E-state index in [-0.39, 0.29) is 16.3 Å². The Hall–Kier alpha value is -2.53. The second-order valence-corrected chi connectivity index (χ2v) is 4.96. The van der Waals surface area contributed by atoms with E-state index in [1.807, 2.05) is 0 Å². The Morgan fingerprint density at radius 2 is 1.90 bits per heavy atom. The number of aromatic carboxylic acids is 1. The van der Waals surface area contributed by atoms with Crippen molar-refractivity contribution in [2.24, 2.45) is 0 Å². The quantitative estimate of drug-likeness (QED) is 0.759. The standard InChI is InChI=1S/C15H13ClN2O3/c1-8-6-9(2-4-12(8)17)14(19)18-13-5-3-10(16)7-11(13)15(20)21/h2-7H,17H2,1H3,(H,18,19)(H,20,21). The molecule has 2 aromatic rings. The number of carboxylic acids is 1. The summed E-state index contributed by atoms with van der Waals surface area (Å²) >= 11 is 5.76. The molecule has 0 aromatic heterocycles. The number of hydrogen-bond acceptors (Lipinski definition) is 3. The number of nitrogens with one attached hydrogen (secondary N) is 1. The van der Waals surface area contributed by atoms with Gasteiger partial charge in [-0.1, -0.05) is 11.6 Å². The smallest absolute Gasteiger partial charge is 0.337 e. The minimum Gasteiger partial charge on any atom is -0.478 e. The fraction of sp³-hybridized carbons (Fsp3) is 0.0667. The Balaban J connectivity index is 2.31. The molecular weight excluding hydrogens is 292 g/mol. The first kappa shape index (κ1) is 14.9. The zero-order chi connectivity index (χ0) is 15.6. The third kappa shape index (κ3) is 3.32. The van der Waals surface area contributed by atoms with Crippen LogP contribution in [-0.4, -0.2) is 17.0 Å². The Morgan fingerprint density at radius 1 is 1.19 bits per heavy atom. The van der Waals surface area contributed by atoms with Gasteiger partial charge in [-0.15, -0.1) is 0 Å². The highest BCUT2D eigenvalue weighted by Gasteiger charge is 2.14. The van der Waals surface area contributed by atoms with Crippen LogP contribution in [-0.2, 0) is 0 Å². The number of anilines is 2. The molecule has 21 heavy (non-hydrogen) atoms. The maximum absolute atomic E-state index is 12.2. The zero-order valence-electron chi connectivity index (χ0n) is 11.2. The van der Waals surface area contributed by atoms with Crippen LogP contribution in [0.2, 0.25) is 5.02 Å². The Labute approximate surface area is 126 Å². The van der Waals surface area contributed by atoms with E-state index < -0.39 is 11.9 Å². The minimum atomic E-state index is -1.17. The molecule has 0 aliphatic carbocycles. The summed E-state index contributed by atoms with van der Waals surface area (Å²) in [6.07, 6.45) is 0. The minimum absolute atomic E-state index is 0.0667. The van der Waals surface area contributed by atoms with Crippen LogP contribution < -0.4 is 11.1 Å². The molecule has 1 amide bonds. The van der Waals surface area contributed by atoms with Crippen LogP contribution in [0.25, 0.3) is 0 Å². The highest BCUT2D eigenvalue weighted by Crippen LogP contribution is 2.22. The first-order valence-corrected chi connectivity index (χ1v) is 6.46. The lowest BCUT2D eigenvalue weighted by atomic mass is 10.1. The fourth-order valence-electron chi connectivity index (χ4n) is 1.81. The van der Waals surface area contributed by atoms with Crippen LogP contribution in [0.4, 0.5) is 11.4 Å². The molecule has 0 saturated heterocycles. The number of benzene rings is 2. The van der Waals surface area contributed by atoms with E-state index in [2.05, 4.69) is 5.32 Å². The van der Waals surface area contributed by atoms with E-state index in [0.717, 1.165) is 5.56 Å². The topological polar surface area (TPSA) is 92.4 Å². The summed E-state index contributed by atoms with van der Waals surface area (Å²) < 4.78 is 0. The van der Waals surface area contributed by atoms with Gasteiger partial charge in [0.1, 0.15) is 0 Å². The molecule has 2 aromatic carbocycles. The predicted molar refractivity (Wildman–Crippen MR) is 82.0 cm³/mol. The van der Waals surface area contributed by atoms with E-state index >= 15 is 0 Å². The number of carboxylic acid groups (broad SMARTS) is 1. The Morgan fingerprint density at radius 3 is 2.52 bits per heavy atom. The number of carbonyl (C=O) groups is 2. The van der Waals surface area contributed by atoms with Crippen LogP contribution >= 0.6 is 11.6 Å². The lowest BCUT2D eigenvalue weighted by molar-refractivity contribution is 0.0698. The summed E-state index contributed by atoms with van der Waals surface area (Å²) in [6.45, 7) is 1.79. The second kappa shape index (κ2) is 5.85. The first-order valence-electron chi connectivity index (χ1n) is 6.09. The van der Waals surface area contributed by atoms with Gasteiger partial charge in [0.15, 0.2) is 0 Å². The summed E-state index contributed by atoms with van der Waals surface area (Å²) in [4.78, 5) is 23.3. The molecule has 0 aliphatic rings. The maximum Gasteiger partial charge on any atom is 0.337 e. The molecule has 108 valence electrons. The maximum atomic E-state index is 12.2. The van der Waals surface area contributed by atoms with Gasteiger partial charge in [-0.05, 0) is 48.9 Å². The Bertz CT molecular complexity index is 729. The van der Waals surface area contributed by atoms with Crippen LogP contribution in [0, 0.1) is 6.92 Å². The first-order chi connectivity index (χ1) is 9.88. The number of rotatable bonds is 3. The van der Waals surface area contributed by atoms with Gasteiger partial charge in [-0.3, -0.25) is 4.79 Å². The number of carbonyl (C=O) groups excluding carboxylic acids is 1. The molecule has 2 rings (SSSR count). The van der Waals surface area contributed by atoms with E-state index in [4.69, 9.17) is 22.4 Å². The molecule has 0 spiro atoms. The molecule has 6 heteroatoms. The molecule has 0 saturated carbocycles. The molecule has 5 nitrogen and oxygen atoms in total. The number of nitrogens with two attached hydrogens (primary N) is 1. The number of hydrogen-bond donors (Lipinski definition) is 3. The summed E-state index contributed by atoms with van der Waals surface area (Å²) in [5.41, 5.74) is 7.58. The summed E-state index contributed by atoms with van der Waals surface area (Å²) in [7, 11) is 0. The van der Waals surface area contributed by atoms with E-state index in [0.29, 0.717) is 11.3 Å². The van der Waals surface area contributed by atoms with Crippen molar-refractivity contribution in [1.82, 2.24) is 0 Å². The molecule has 0 radical (unpaired) electrons. The van der Waals surface area contributed by atoms with Crippen molar-refractivity contribution < 1.29 is 14.7 Å². The molecule has 0 atom stereocenters. The van der Waals surface area contributed by atoms with Gasteiger partial charge in [-0.2, -0.15) is 0 Å². The van der Waals surface area contributed by atoms with Crippen molar-refractivity contribution in [2.45, 2.75) is 6.92 Å². The van der Waals surface area contributed by atoms with Crippen LogP contribution in [0.1, 0.15) is 26.3 Å². The summed E-state index contributed by atoms with van der Waals surface area (Å²) in [5.74, 6) is -1.58. The van der Waals surface area contributed by atoms with E-state index in [1.54, 1.807) is 25.1 Å². The van der Waals surface area contributed by atoms with Gasteiger partial charge in [-0.25, -0.2) is 4.79 Å².